The molecular formula is C16H27N3. The van der Waals surface area contributed by atoms with E-state index in [1.807, 2.05) is 13.2 Å². The molecule has 1 aromatic heterocycles. The monoisotopic (exact) mass is 261 g/mol. The molecule has 0 spiro atoms. The van der Waals surface area contributed by atoms with E-state index >= 15 is 0 Å². The van der Waals surface area contributed by atoms with Crippen LogP contribution in [0.25, 0.3) is 0 Å². The number of nitrogens with zero attached hydrogens (tertiary/aromatic N) is 2. The number of aromatic nitrogens is 1. The summed E-state index contributed by atoms with van der Waals surface area (Å²) in [6.07, 6.45) is 5.91. The molecule has 2 rings (SSSR count). The summed E-state index contributed by atoms with van der Waals surface area (Å²) in [5.41, 5.74) is 2.91. The van der Waals surface area contributed by atoms with E-state index in [4.69, 9.17) is 0 Å². The van der Waals surface area contributed by atoms with Crippen LogP contribution in [0.2, 0.25) is 0 Å². The minimum atomic E-state index is 0.318. The molecule has 2 heterocycles. The zero-order valence-corrected chi connectivity index (χ0v) is 12.7. The Labute approximate surface area is 117 Å². The molecule has 0 amide bonds. The number of hydrogen-bond donors (Lipinski definition) is 1. The molecule has 1 aliphatic heterocycles. The largest absolute Gasteiger partial charge is 0.370 e. The van der Waals surface area contributed by atoms with Crippen LogP contribution in [0.4, 0.5) is 5.69 Å². The zero-order valence-electron chi connectivity index (χ0n) is 12.7. The van der Waals surface area contributed by atoms with Gasteiger partial charge in [0, 0.05) is 19.1 Å². The summed E-state index contributed by atoms with van der Waals surface area (Å²) in [4.78, 5) is 7.08. The van der Waals surface area contributed by atoms with Crippen molar-refractivity contribution in [2.45, 2.75) is 46.1 Å². The van der Waals surface area contributed by atoms with Crippen LogP contribution in [0.5, 0.6) is 0 Å². The van der Waals surface area contributed by atoms with Gasteiger partial charge in [0.1, 0.15) is 0 Å². The first-order chi connectivity index (χ1) is 9.14. The summed E-state index contributed by atoms with van der Waals surface area (Å²) in [5.74, 6) is 0. The molecule has 3 heteroatoms. The Morgan fingerprint density at radius 1 is 1.37 bits per heavy atom. The van der Waals surface area contributed by atoms with E-state index < -0.39 is 0 Å². The Morgan fingerprint density at radius 3 is 2.58 bits per heavy atom. The Balaban J connectivity index is 2.08. The van der Waals surface area contributed by atoms with Crippen molar-refractivity contribution in [3.8, 4) is 0 Å². The molecule has 0 radical (unpaired) electrons. The van der Waals surface area contributed by atoms with Gasteiger partial charge in [-0.15, -0.1) is 0 Å². The number of pyridine rings is 1. The molecule has 1 N–H and O–H groups in total. The molecule has 1 aliphatic rings. The summed E-state index contributed by atoms with van der Waals surface area (Å²) in [5, 5.41) is 3.23. The smallest absolute Gasteiger partial charge is 0.0571 e. The maximum Gasteiger partial charge on any atom is 0.0571 e. The second kappa shape index (κ2) is 5.91. The van der Waals surface area contributed by atoms with Crippen LogP contribution < -0.4 is 10.2 Å². The van der Waals surface area contributed by atoms with Crippen LogP contribution in [0, 0.1) is 5.41 Å². The second-order valence-corrected chi connectivity index (χ2v) is 5.83. The molecule has 0 bridgehead atoms. The van der Waals surface area contributed by atoms with Crippen molar-refractivity contribution in [3.63, 3.8) is 0 Å². The molecule has 1 atom stereocenters. The van der Waals surface area contributed by atoms with Gasteiger partial charge in [-0.05, 0) is 50.8 Å². The second-order valence-electron chi connectivity index (χ2n) is 5.83. The molecule has 1 saturated heterocycles. The van der Waals surface area contributed by atoms with Crippen LogP contribution in [0.15, 0.2) is 18.3 Å². The molecule has 0 aromatic carbocycles. The molecule has 1 unspecified atom stereocenters. The Bertz CT molecular complexity index is 395. The first kappa shape index (κ1) is 14.3. The normalized spacial score (nSPS) is 19.7. The van der Waals surface area contributed by atoms with E-state index in [0.717, 1.165) is 5.69 Å². The lowest BCUT2D eigenvalue weighted by Gasteiger charge is -2.27. The van der Waals surface area contributed by atoms with Gasteiger partial charge in [0.05, 0.1) is 17.6 Å². The third-order valence-electron chi connectivity index (χ3n) is 4.95. The topological polar surface area (TPSA) is 28.2 Å². The van der Waals surface area contributed by atoms with E-state index in [1.54, 1.807) is 0 Å². The molecule has 19 heavy (non-hydrogen) atoms. The maximum absolute atomic E-state index is 4.59. The lowest BCUT2D eigenvalue weighted by molar-refractivity contribution is 0.301. The van der Waals surface area contributed by atoms with E-state index in [2.05, 4.69) is 48.1 Å². The summed E-state index contributed by atoms with van der Waals surface area (Å²) >= 11 is 0. The van der Waals surface area contributed by atoms with E-state index in [-0.39, 0.29) is 0 Å². The molecule has 1 fully saturated rings. The number of anilines is 1. The predicted molar refractivity (Wildman–Crippen MR) is 81.6 cm³/mol. The van der Waals surface area contributed by atoms with Crippen LogP contribution >= 0.6 is 0 Å². The number of rotatable bonds is 5. The standard InChI is InChI=1S/C16H27N3/c1-5-16(6-2)9-10-19(12-16)14-7-8-15(18-11-14)13(3)17-4/h7-8,11,13,17H,5-6,9-10,12H2,1-4H3. The zero-order chi connectivity index (χ0) is 13.9. The van der Waals surface area contributed by atoms with Crippen molar-refractivity contribution in [1.82, 2.24) is 10.3 Å². The highest BCUT2D eigenvalue weighted by atomic mass is 15.2. The first-order valence-corrected chi connectivity index (χ1v) is 7.52. The Kier molecular flexibility index (Phi) is 4.46. The van der Waals surface area contributed by atoms with Gasteiger partial charge in [-0.25, -0.2) is 0 Å². The Hall–Kier alpha value is -1.09. The summed E-state index contributed by atoms with van der Waals surface area (Å²) in [6.45, 7) is 9.13. The third kappa shape index (κ3) is 2.92. The van der Waals surface area contributed by atoms with Crippen LogP contribution in [-0.4, -0.2) is 25.1 Å². The van der Waals surface area contributed by atoms with Crippen molar-refractivity contribution >= 4 is 5.69 Å². The highest BCUT2D eigenvalue weighted by Crippen LogP contribution is 2.38. The van der Waals surface area contributed by atoms with Crippen molar-refractivity contribution < 1.29 is 0 Å². The minimum absolute atomic E-state index is 0.318. The van der Waals surface area contributed by atoms with Crippen molar-refractivity contribution in [2.75, 3.05) is 25.0 Å². The molecule has 1 aromatic rings. The van der Waals surface area contributed by atoms with Crippen LogP contribution in [-0.2, 0) is 0 Å². The van der Waals surface area contributed by atoms with Crippen LogP contribution in [0.3, 0.4) is 0 Å². The van der Waals surface area contributed by atoms with Gasteiger partial charge >= 0.3 is 0 Å². The fourth-order valence-electron chi connectivity index (χ4n) is 2.97. The number of hydrogen-bond acceptors (Lipinski definition) is 3. The fraction of sp³-hybridized carbons (Fsp3) is 0.688. The summed E-state index contributed by atoms with van der Waals surface area (Å²) in [7, 11) is 1.97. The molecule has 0 saturated carbocycles. The maximum atomic E-state index is 4.59. The van der Waals surface area contributed by atoms with Crippen molar-refractivity contribution in [1.29, 1.82) is 0 Å². The minimum Gasteiger partial charge on any atom is -0.370 e. The van der Waals surface area contributed by atoms with Gasteiger partial charge in [-0.2, -0.15) is 0 Å². The molecule has 0 aliphatic carbocycles. The van der Waals surface area contributed by atoms with Crippen molar-refractivity contribution in [3.05, 3.63) is 24.0 Å². The third-order valence-corrected chi connectivity index (χ3v) is 4.95. The summed E-state index contributed by atoms with van der Waals surface area (Å²) < 4.78 is 0. The number of nitrogens with one attached hydrogen (secondary N) is 1. The lowest BCUT2D eigenvalue weighted by Crippen LogP contribution is -2.26. The Morgan fingerprint density at radius 2 is 2.11 bits per heavy atom. The highest BCUT2D eigenvalue weighted by molar-refractivity contribution is 5.46. The average Bonchev–Trinajstić information content (AvgIpc) is 2.92. The SMILES string of the molecule is CCC1(CC)CCN(c2ccc(C(C)NC)nc2)C1. The molecule has 106 valence electrons. The van der Waals surface area contributed by atoms with Gasteiger partial charge in [-0.3, -0.25) is 4.98 Å². The van der Waals surface area contributed by atoms with E-state index in [0.29, 0.717) is 11.5 Å². The van der Waals surface area contributed by atoms with Gasteiger partial charge in [0.25, 0.3) is 0 Å². The quantitative estimate of drug-likeness (QED) is 0.880. The van der Waals surface area contributed by atoms with Gasteiger partial charge in [0.15, 0.2) is 0 Å². The average molecular weight is 261 g/mol. The first-order valence-electron chi connectivity index (χ1n) is 7.52. The van der Waals surface area contributed by atoms with E-state index in [1.165, 1.54) is 38.0 Å². The summed E-state index contributed by atoms with van der Waals surface area (Å²) in [6, 6.07) is 4.68. The van der Waals surface area contributed by atoms with Gasteiger partial charge in [0.2, 0.25) is 0 Å². The van der Waals surface area contributed by atoms with E-state index in [9.17, 15) is 0 Å². The fourth-order valence-corrected chi connectivity index (χ4v) is 2.97. The lowest BCUT2D eigenvalue weighted by atomic mass is 9.82. The van der Waals surface area contributed by atoms with Crippen molar-refractivity contribution in [2.24, 2.45) is 5.41 Å². The molecule has 3 nitrogen and oxygen atoms in total. The van der Waals surface area contributed by atoms with Gasteiger partial charge in [-0.1, -0.05) is 13.8 Å². The highest BCUT2D eigenvalue weighted by Gasteiger charge is 2.34. The van der Waals surface area contributed by atoms with Crippen LogP contribution in [0.1, 0.15) is 51.8 Å². The molecular weight excluding hydrogens is 234 g/mol. The predicted octanol–water partition coefficient (Wildman–Crippen LogP) is 3.38. The van der Waals surface area contributed by atoms with Gasteiger partial charge < -0.3 is 10.2 Å².